The van der Waals surface area contributed by atoms with Crippen LogP contribution in [0.15, 0.2) is 64.6 Å². The number of likely N-dealkylation sites (N-methyl/N-ethyl adjacent to an activating group) is 1. The van der Waals surface area contributed by atoms with Gasteiger partial charge in [0.05, 0.1) is 11.6 Å². The maximum atomic E-state index is 12.4. The van der Waals surface area contributed by atoms with Gasteiger partial charge in [-0.15, -0.1) is 0 Å². The van der Waals surface area contributed by atoms with E-state index in [-0.39, 0.29) is 11.3 Å². The molecule has 1 aliphatic rings. The van der Waals surface area contributed by atoms with E-state index in [0.29, 0.717) is 5.56 Å². The second-order valence-corrected chi connectivity index (χ2v) is 6.24. The third kappa shape index (κ3) is 2.68. The van der Waals surface area contributed by atoms with Crippen molar-refractivity contribution in [3.05, 3.63) is 75.8 Å². The molecule has 1 fully saturated rings. The van der Waals surface area contributed by atoms with Crippen molar-refractivity contribution < 1.29 is 14.7 Å². The maximum absolute atomic E-state index is 12.4. The van der Waals surface area contributed by atoms with E-state index >= 15 is 0 Å². The van der Waals surface area contributed by atoms with E-state index in [0.717, 1.165) is 10.0 Å². The number of hydrogen-bond donors (Lipinski definition) is 1. The summed E-state index contributed by atoms with van der Waals surface area (Å²) in [5, 5.41) is 10.6. The largest absolute Gasteiger partial charge is 0.507 e. The van der Waals surface area contributed by atoms with Gasteiger partial charge in [0.1, 0.15) is 5.76 Å². The molecule has 1 saturated heterocycles. The zero-order chi connectivity index (χ0) is 16.6. The Kier molecular flexibility index (Phi) is 4.05. The van der Waals surface area contributed by atoms with E-state index in [2.05, 4.69) is 15.9 Å². The van der Waals surface area contributed by atoms with Crippen molar-refractivity contribution in [1.82, 2.24) is 4.90 Å². The van der Waals surface area contributed by atoms with Gasteiger partial charge in [-0.25, -0.2) is 0 Å². The van der Waals surface area contributed by atoms with Crippen molar-refractivity contribution in [1.29, 1.82) is 0 Å². The first kappa shape index (κ1) is 15.5. The molecule has 3 rings (SSSR count). The minimum Gasteiger partial charge on any atom is -0.507 e. The van der Waals surface area contributed by atoms with Gasteiger partial charge in [-0.3, -0.25) is 9.59 Å². The lowest BCUT2D eigenvalue weighted by Crippen LogP contribution is -2.24. The smallest absolute Gasteiger partial charge is 0.295 e. The van der Waals surface area contributed by atoms with Gasteiger partial charge in [-0.2, -0.15) is 0 Å². The Morgan fingerprint density at radius 3 is 2.26 bits per heavy atom. The fraction of sp³-hybridized carbons (Fsp3) is 0.111. The molecule has 1 N–H and O–H groups in total. The number of ketones is 1. The molecule has 2 aromatic rings. The number of nitrogens with zero attached hydrogens (tertiary/aromatic N) is 1. The van der Waals surface area contributed by atoms with E-state index < -0.39 is 17.7 Å². The lowest BCUT2D eigenvalue weighted by molar-refractivity contribution is -0.139. The van der Waals surface area contributed by atoms with Crippen molar-refractivity contribution in [2.45, 2.75) is 6.04 Å². The standard InChI is InChI=1S/C18H14BrNO3/c1-20-15(11-7-9-13(19)10-8-11)14(17(22)18(20)23)16(21)12-5-3-2-4-6-12/h2-10,15,21H,1H3/t15-/m1/s1. The molecule has 0 aliphatic carbocycles. The van der Waals surface area contributed by atoms with Gasteiger partial charge in [0, 0.05) is 17.1 Å². The van der Waals surface area contributed by atoms with Gasteiger partial charge in [0.25, 0.3) is 11.7 Å². The number of carbonyl (C=O) groups excluding carboxylic acids is 2. The van der Waals surface area contributed by atoms with Crippen LogP contribution < -0.4 is 0 Å². The van der Waals surface area contributed by atoms with Crippen molar-refractivity contribution in [3.8, 4) is 0 Å². The van der Waals surface area contributed by atoms with E-state index in [1.807, 2.05) is 30.3 Å². The van der Waals surface area contributed by atoms with Crippen LogP contribution in [0.5, 0.6) is 0 Å². The minimum atomic E-state index is -0.665. The lowest BCUT2D eigenvalue weighted by atomic mass is 9.95. The van der Waals surface area contributed by atoms with Crippen LogP contribution >= 0.6 is 15.9 Å². The fourth-order valence-corrected chi connectivity index (χ4v) is 3.00. The Balaban J connectivity index is 2.17. The van der Waals surface area contributed by atoms with Crippen LogP contribution in [0.25, 0.3) is 5.76 Å². The number of rotatable bonds is 2. The number of halogens is 1. The summed E-state index contributed by atoms with van der Waals surface area (Å²) in [6.45, 7) is 0. The van der Waals surface area contributed by atoms with Crippen LogP contribution in [-0.4, -0.2) is 28.7 Å². The first-order chi connectivity index (χ1) is 11.0. The molecule has 0 radical (unpaired) electrons. The van der Waals surface area contributed by atoms with Crippen LogP contribution in [0.3, 0.4) is 0 Å². The Morgan fingerprint density at radius 1 is 1.04 bits per heavy atom. The topological polar surface area (TPSA) is 57.6 Å². The van der Waals surface area contributed by atoms with Crippen LogP contribution in [0.1, 0.15) is 17.2 Å². The molecule has 0 bridgehead atoms. The predicted molar refractivity (Wildman–Crippen MR) is 90.7 cm³/mol. The van der Waals surface area contributed by atoms with Crippen molar-refractivity contribution in [2.75, 3.05) is 7.05 Å². The fourth-order valence-electron chi connectivity index (χ4n) is 2.73. The van der Waals surface area contributed by atoms with Crippen molar-refractivity contribution >= 4 is 33.4 Å². The second-order valence-electron chi connectivity index (χ2n) is 5.33. The maximum Gasteiger partial charge on any atom is 0.295 e. The normalized spacial score (nSPS) is 20.1. The molecule has 1 amide bonds. The monoisotopic (exact) mass is 371 g/mol. The minimum absolute atomic E-state index is 0.117. The number of Topliss-reactive ketones (excluding diaryl/α,β-unsaturated/α-hetero) is 1. The van der Waals surface area contributed by atoms with Gasteiger partial charge in [-0.05, 0) is 17.7 Å². The number of aliphatic hydroxyl groups is 1. The zero-order valence-electron chi connectivity index (χ0n) is 12.4. The Hall–Kier alpha value is -2.40. The molecule has 116 valence electrons. The molecule has 1 aliphatic heterocycles. The Labute approximate surface area is 142 Å². The summed E-state index contributed by atoms with van der Waals surface area (Å²) in [5.41, 5.74) is 1.40. The molecular weight excluding hydrogens is 358 g/mol. The number of aliphatic hydroxyl groups excluding tert-OH is 1. The highest BCUT2D eigenvalue weighted by atomic mass is 79.9. The summed E-state index contributed by atoms with van der Waals surface area (Å²) >= 11 is 3.36. The number of likely N-dealkylation sites (tertiary alicyclic amines) is 1. The lowest BCUT2D eigenvalue weighted by Gasteiger charge is -2.21. The molecule has 0 spiro atoms. The highest BCUT2D eigenvalue weighted by Crippen LogP contribution is 2.38. The van der Waals surface area contributed by atoms with Gasteiger partial charge in [0.2, 0.25) is 0 Å². The van der Waals surface area contributed by atoms with E-state index in [1.165, 1.54) is 4.90 Å². The summed E-state index contributed by atoms with van der Waals surface area (Å²) in [6, 6.07) is 15.5. The number of carbonyl (C=O) groups is 2. The Bertz CT molecular complexity index is 797. The molecule has 1 heterocycles. The first-order valence-electron chi connectivity index (χ1n) is 7.06. The van der Waals surface area contributed by atoms with Gasteiger partial charge in [-0.1, -0.05) is 58.4 Å². The van der Waals surface area contributed by atoms with Crippen LogP contribution in [0.4, 0.5) is 0 Å². The SMILES string of the molecule is CN1C(=O)C(=O)C(=C(O)c2ccccc2)[C@H]1c1ccc(Br)cc1. The molecule has 5 heteroatoms. The molecule has 4 nitrogen and oxygen atoms in total. The average Bonchev–Trinajstić information content (AvgIpc) is 2.80. The molecule has 1 atom stereocenters. The molecular formula is C18H14BrNO3. The van der Waals surface area contributed by atoms with Gasteiger partial charge >= 0.3 is 0 Å². The van der Waals surface area contributed by atoms with E-state index in [9.17, 15) is 14.7 Å². The molecule has 2 aromatic carbocycles. The zero-order valence-corrected chi connectivity index (χ0v) is 13.9. The predicted octanol–water partition coefficient (Wildman–Crippen LogP) is 3.50. The van der Waals surface area contributed by atoms with Crippen molar-refractivity contribution in [3.63, 3.8) is 0 Å². The summed E-state index contributed by atoms with van der Waals surface area (Å²) in [6.07, 6.45) is 0. The van der Waals surface area contributed by atoms with E-state index in [1.54, 1.807) is 31.3 Å². The summed E-state index contributed by atoms with van der Waals surface area (Å²) < 4.78 is 0.900. The highest BCUT2D eigenvalue weighted by molar-refractivity contribution is 9.10. The molecule has 0 aromatic heterocycles. The van der Waals surface area contributed by atoms with E-state index in [4.69, 9.17) is 0 Å². The van der Waals surface area contributed by atoms with Crippen LogP contribution in [-0.2, 0) is 9.59 Å². The van der Waals surface area contributed by atoms with Gasteiger partial charge < -0.3 is 10.0 Å². The summed E-state index contributed by atoms with van der Waals surface area (Å²) in [5.74, 6) is -1.43. The highest BCUT2D eigenvalue weighted by Gasteiger charge is 2.44. The molecule has 0 unspecified atom stereocenters. The number of hydrogen-bond acceptors (Lipinski definition) is 3. The Morgan fingerprint density at radius 2 is 1.65 bits per heavy atom. The van der Waals surface area contributed by atoms with Crippen LogP contribution in [0.2, 0.25) is 0 Å². The number of benzene rings is 2. The third-order valence-corrected chi connectivity index (χ3v) is 4.44. The van der Waals surface area contributed by atoms with Crippen molar-refractivity contribution in [2.24, 2.45) is 0 Å². The number of amides is 1. The quantitative estimate of drug-likeness (QED) is 0.499. The average molecular weight is 372 g/mol. The van der Waals surface area contributed by atoms with Crippen LogP contribution in [0, 0.1) is 0 Å². The second kappa shape index (κ2) is 6.01. The molecule has 23 heavy (non-hydrogen) atoms. The summed E-state index contributed by atoms with van der Waals surface area (Å²) in [7, 11) is 1.57. The summed E-state index contributed by atoms with van der Waals surface area (Å²) in [4.78, 5) is 25.8. The molecule has 0 saturated carbocycles. The third-order valence-electron chi connectivity index (χ3n) is 3.91. The first-order valence-corrected chi connectivity index (χ1v) is 7.85. The van der Waals surface area contributed by atoms with Gasteiger partial charge in [0.15, 0.2) is 0 Å².